The molecular weight excluding hydrogens is 216 g/mol. The van der Waals surface area contributed by atoms with Gasteiger partial charge < -0.3 is 15.3 Å². The Labute approximate surface area is 104 Å². The fraction of sp³-hybridized carbons (Fsp3) is 0.923. The molecule has 17 heavy (non-hydrogen) atoms. The molecule has 1 aliphatic rings. The average Bonchev–Trinajstić information content (AvgIpc) is 2.31. The molecule has 0 aliphatic carbocycles. The number of nitrogens with zero attached hydrogens (tertiary/aromatic N) is 1. The fourth-order valence-electron chi connectivity index (χ4n) is 2.61. The molecule has 1 fully saturated rings. The van der Waals surface area contributed by atoms with Crippen LogP contribution in [0.5, 0.6) is 0 Å². The Morgan fingerprint density at radius 1 is 1.41 bits per heavy atom. The monoisotopic (exact) mass is 242 g/mol. The van der Waals surface area contributed by atoms with E-state index in [-0.39, 0.29) is 6.04 Å². The molecule has 4 heteroatoms. The van der Waals surface area contributed by atoms with Crippen molar-refractivity contribution in [2.45, 2.75) is 45.6 Å². The molecule has 100 valence electrons. The van der Waals surface area contributed by atoms with Gasteiger partial charge in [-0.15, -0.1) is 0 Å². The predicted octanol–water partition coefficient (Wildman–Crippen LogP) is 1.56. The molecule has 0 aromatic carbocycles. The van der Waals surface area contributed by atoms with Gasteiger partial charge in [-0.25, -0.2) is 0 Å². The molecule has 0 radical (unpaired) electrons. The standard InChI is InChI=1S/C13H26N2O2/c1-3-7-15-8-5-11(6-9-15)10-12(13(16)17)14-4-2/h11-12,14H,3-10H2,1-2H3,(H,16,17). The van der Waals surface area contributed by atoms with Gasteiger partial charge in [0.15, 0.2) is 0 Å². The van der Waals surface area contributed by atoms with Crippen LogP contribution in [-0.4, -0.2) is 48.2 Å². The summed E-state index contributed by atoms with van der Waals surface area (Å²) in [5, 5.41) is 12.2. The SMILES string of the molecule is CCCN1CCC(CC(NCC)C(=O)O)CC1. The van der Waals surface area contributed by atoms with E-state index in [9.17, 15) is 4.79 Å². The maximum absolute atomic E-state index is 11.1. The van der Waals surface area contributed by atoms with Gasteiger partial charge in [-0.2, -0.15) is 0 Å². The molecule has 0 saturated carbocycles. The average molecular weight is 242 g/mol. The zero-order valence-corrected chi connectivity index (χ0v) is 11.1. The first-order chi connectivity index (χ1) is 8.17. The van der Waals surface area contributed by atoms with E-state index in [1.807, 2.05) is 6.92 Å². The Morgan fingerprint density at radius 3 is 2.53 bits per heavy atom. The Bertz CT molecular complexity index is 225. The summed E-state index contributed by atoms with van der Waals surface area (Å²) in [6, 6.07) is -0.359. The van der Waals surface area contributed by atoms with E-state index in [1.54, 1.807) is 0 Å². The van der Waals surface area contributed by atoms with Crippen LogP contribution in [0.25, 0.3) is 0 Å². The zero-order valence-electron chi connectivity index (χ0n) is 11.1. The van der Waals surface area contributed by atoms with Gasteiger partial charge in [0, 0.05) is 0 Å². The van der Waals surface area contributed by atoms with Gasteiger partial charge in [-0.3, -0.25) is 4.79 Å². The minimum absolute atomic E-state index is 0.359. The third-order valence-corrected chi connectivity index (χ3v) is 3.56. The lowest BCUT2D eigenvalue weighted by atomic mass is 9.90. The van der Waals surface area contributed by atoms with E-state index in [0.717, 1.165) is 38.9 Å². The molecule has 1 atom stereocenters. The fourth-order valence-corrected chi connectivity index (χ4v) is 2.61. The Balaban J connectivity index is 2.30. The van der Waals surface area contributed by atoms with E-state index < -0.39 is 5.97 Å². The number of likely N-dealkylation sites (tertiary alicyclic amines) is 1. The lowest BCUT2D eigenvalue weighted by Gasteiger charge is -2.32. The summed E-state index contributed by atoms with van der Waals surface area (Å²) < 4.78 is 0. The topological polar surface area (TPSA) is 52.6 Å². The van der Waals surface area contributed by atoms with Crippen molar-refractivity contribution >= 4 is 5.97 Å². The Hall–Kier alpha value is -0.610. The van der Waals surface area contributed by atoms with Gasteiger partial charge in [-0.1, -0.05) is 13.8 Å². The van der Waals surface area contributed by atoms with Gasteiger partial charge in [0.05, 0.1) is 0 Å². The highest BCUT2D eigenvalue weighted by Crippen LogP contribution is 2.22. The molecule has 0 amide bonds. The molecular formula is C13H26N2O2. The van der Waals surface area contributed by atoms with Crippen LogP contribution in [0.4, 0.5) is 0 Å². The van der Waals surface area contributed by atoms with Gasteiger partial charge in [0.25, 0.3) is 0 Å². The number of likely N-dealkylation sites (N-methyl/N-ethyl adjacent to an activating group) is 1. The van der Waals surface area contributed by atoms with Crippen molar-refractivity contribution in [3.05, 3.63) is 0 Å². The van der Waals surface area contributed by atoms with E-state index >= 15 is 0 Å². The second kappa shape index (κ2) is 7.67. The summed E-state index contributed by atoms with van der Waals surface area (Å²) in [6.45, 7) is 8.35. The summed E-state index contributed by atoms with van der Waals surface area (Å²) in [5.74, 6) is -0.133. The maximum atomic E-state index is 11.1. The van der Waals surface area contributed by atoms with Gasteiger partial charge in [-0.05, 0) is 57.8 Å². The predicted molar refractivity (Wildman–Crippen MR) is 69.2 cm³/mol. The van der Waals surface area contributed by atoms with Crippen molar-refractivity contribution in [1.82, 2.24) is 10.2 Å². The summed E-state index contributed by atoms with van der Waals surface area (Å²) in [6.07, 6.45) is 4.29. The van der Waals surface area contributed by atoms with Crippen LogP contribution in [-0.2, 0) is 4.79 Å². The lowest BCUT2D eigenvalue weighted by molar-refractivity contribution is -0.140. The Morgan fingerprint density at radius 2 is 2.06 bits per heavy atom. The quantitative estimate of drug-likeness (QED) is 0.711. The number of piperidine rings is 1. The largest absolute Gasteiger partial charge is 0.480 e. The van der Waals surface area contributed by atoms with E-state index in [4.69, 9.17) is 5.11 Å². The number of carbonyl (C=O) groups is 1. The summed E-state index contributed by atoms with van der Waals surface area (Å²) in [4.78, 5) is 13.5. The molecule has 1 heterocycles. The first kappa shape index (κ1) is 14.5. The highest BCUT2D eigenvalue weighted by atomic mass is 16.4. The Kier molecular flexibility index (Phi) is 6.52. The highest BCUT2D eigenvalue weighted by molar-refractivity contribution is 5.73. The molecule has 2 N–H and O–H groups in total. The van der Waals surface area contributed by atoms with Crippen LogP contribution in [0, 0.1) is 5.92 Å². The maximum Gasteiger partial charge on any atom is 0.320 e. The molecule has 1 aliphatic heterocycles. The third kappa shape index (κ3) is 5.04. The van der Waals surface area contributed by atoms with E-state index in [0.29, 0.717) is 5.92 Å². The van der Waals surface area contributed by atoms with Crippen molar-refractivity contribution < 1.29 is 9.90 Å². The van der Waals surface area contributed by atoms with Crippen molar-refractivity contribution in [1.29, 1.82) is 0 Å². The molecule has 1 saturated heterocycles. The van der Waals surface area contributed by atoms with E-state index in [2.05, 4.69) is 17.1 Å². The lowest BCUT2D eigenvalue weighted by Crippen LogP contribution is -2.41. The number of carboxylic acids is 1. The van der Waals surface area contributed by atoms with Crippen molar-refractivity contribution in [3.63, 3.8) is 0 Å². The van der Waals surface area contributed by atoms with Crippen LogP contribution in [0.2, 0.25) is 0 Å². The summed E-state index contributed by atoms with van der Waals surface area (Å²) in [7, 11) is 0. The second-order valence-corrected chi connectivity index (χ2v) is 4.97. The molecule has 0 aromatic heterocycles. The zero-order chi connectivity index (χ0) is 12.7. The minimum atomic E-state index is -0.706. The number of aliphatic carboxylic acids is 1. The van der Waals surface area contributed by atoms with Gasteiger partial charge in [0.1, 0.15) is 6.04 Å². The van der Waals surface area contributed by atoms with Crippen LogP contribution in [0.3, 0.4) is 0 Å². The van der Waals surface area contributed by atoms with Crippen LogP contribution >= 0.6 is 0 Å². The summed E-state index contributed by atoms with van der Waals surface area (Å²) in [5.41, 5.74) is 0. The first-order valence-electron chi connectivity index (χ1n) is 6.85. The number of nitrogens with one attached hydrogen (secondary N) is 1. The van der Waals surface area contributed by atoms with Crippen LogP contribution in [0.1, 0.15) is 39.5 Å². The molecule has 0 spiro atoms. The molecule has 1 rings (SSSR count). The van der Waals surface area contributed by atoms with Crippen molar-refractivity contribution in [2.24, 2.45) is 5.92 Å². The van der Waals surface area contributed by atoms with Gasteiger partial charge >= 0.3 is 5.97 Å². The first-order valence-corrected chi connectivity index (χ1v) is 6.85. The van der Waals surface area contributed by atoms with E-state index in [1.165, 1.54) is 13.0 Å². The third-order valence-electron chi connectivity index (χ3n) is 3.56. The van der Waals surface area contributed by atoms with Crippen LogP contribution in [0.15, 0.2) is 0 Å². The molecule has 1 unspecified atom stereocenters. The number of hydrogen-bond donors (Lipinski definition) is 2. The number of hydrogen-bond acceptors (Lipinski definition) is 3. The molecule has 0 bridgehead atoms. The van der Waals surface area contributed by atoms with Crippen LogP contribution < -0.4 is 5.32 Å². The number of carboxylic acid groups (broad SMARTS) is 1. The van der Waals surface area contributed by atoms with Crippen molar-refractivity contribution in [3.8, 4) is 0 Å². The normalized spacial score (nSPS) is 20.4. The van der Waals surface area contributed by atoms with Gasteiger partial charge in [0.2, 0.25) is 0 Å². The molecule has 4 nitrogen and oxygen atoms in total. The highest BCUT2D eigenvalue weighted by Gasteiger charge is 2.24. The summed E-state index contributed by atoms with van der Waals surface area (Å²) >= 11 is 0. The minimum Gasteiger partial charge on any atom is -0.480 e. The molecule has 0 aromatic rings. The smallest absolute Gasteiger partial charge is 0.320 e. The number of rotatable bonds is 7. The second-order valence-electron chi connectivity index (χ2n) is 4.97. The van der Waals surface area contributed by atoms with Crippen molar-refractivity contribution in [2.75, 3.05) is 26.2 Å².